The van der Waals surface area contributed by atoms with Crippen molar-refractivity contribution >= 4 is 5.91 Å². The predicted molar refractivity (Wildman–Crippen MR) is 214 cm³/mol. The number of allylic oxidation sites excluding steroid dienone is 6. The fourth-order valence-electron chi connectivity index (χ4n) is 6.39. The molecule has 0 radical (unpaired) electrons. The van der Waals surface area contributed by atoms with Crippen molar-refractivity contribution < 1.29 is 25.2 Å². The molecule has 0 saturated heterocycles. The summed E-state index contributed by atoms with van der Waals surface area (Å²) in [6.45, 7) is 4.00. The lowest BCUT2D eigenvalue weighted by molar-refractivity contribution is -0.132. The van der Waals surface area contributed by atoms with Crippen molar-refractivity contribution in [1.29, 1.82) is 0 Å². The lowest BCUT2D eigenvalue weighted by Crippen LogP contribution is -2.53. The van der Waals surface area contributed by atoms with Crippen molar-refractivity contribution in [1.82, 2.24) is 5.32 Å². The smallest absolute Gasteiger partial charge is 0.249 e. The van der Waals surface area contributed by atoms with Gasteiger partial charge in [0.25, 0.3) is 0 Å². The van der Waals surface area contributed by atoms with Gasteiger partial charge in [0, 0.05) is 0 Å². The normalized spacial score (nSPS) is 14.6. The summed E-state index contributed by atoms with van der Waals surface area (Å²) in [5.41, 5.74) is 0. The molecule has 0 spiro atoms. The predicted octanol–water partition coefficient (Wildman–Crippen LogP) is 11.0. The molecule has 0 aromatic rings. The number of carbonyl (C=O) groups is 1. The van der Waals surface area contributed by atoms with Crippen LogP contribution in [0.5, 0.6) is 0 Å². The highest BCUT2D eigenvalue weighted by Crippen LogP contribution is 2.15. The van der Waals surface area contributed by atoms with Crippen LogP contribution in [0.4, 0.5) is 0 Å². The molecule has 294 valence electrons. The highest BCUT2D eigenvalue weighted by Gasteiger charge is 2.28. The zero-order chi connectivity index (χ0) is 36.8. The van der Waals surface area contributed by atoms with Crippen LogP contribution in [-0.4, -0.2) is 57.3 Å². The Morgan fingerprint density at radius 3 is 1.36 bits per heavy atom. The molecule has 4 unspecified atom stereocenters. The van der Waals surface area contributed by atoms with Gasteiger partial charge in [-0.15, -0.1) is 0 Å². The van der Waals surface area contributed by atoms with Crippen molar-refractivity contribution in [2.75, 3.05) is 6.61 Å². The molecule has 0 heterocycles. The number of hydrogen-bond acceptors (Lipinski definition) is 5. The highest BCUT2D eigenvalue weighted by molar-refractivity contribution is 5.80. The van der Waals surface area contributed by atoms with E-state index in [9.17, 15) is 25.2 Å². The van der Waals surface area contributed by atoms with Gasteiger partial charge in [-0.05, 0) is 64.2 Å². The molecule has 0 aliphatic rings. The maximum atomic E-state index is 12.5. The molecule has 0 rings (SSSR count). The number of aliphatic hydroxyl groups excluding tert-OH is 4. The van der Waals surface area contributed by atoms with E-state index in [2.05, 4.69) is 55.6 Å². The van der Waals surface area contributed by atoms with Gasteiger partial charge in [0.1, 0.15) is 12.2 Å². The third-order valence-electron chi connectivity index (χ3n) is 9.85. The second-order valence-electron chi connectivity index (χ2n) is 14.7. The van der Waals surface area contributed by atoms with E-state index in [1.807, 2.05) is 0 Å². The molecule has 0 fully saturated rings. The first kappa shape index (κ1) is 48.5. The zero-order valence-corrected chi connectivity index (χ0v) is 32.9. The molecule has 0 aromatic heterocycles. The topological polar surface area (TPSA) is 110 Å². The van der Waals surface area contributed by atoms with E-state index in [4.69, 9.17) is 0 Å². The largest absolute Gasteiger partial charge is 0.394 e. The van der Waals surface area contributed by atoms with Crippen LogP contribution in [0, 0.1) is 0 Å². The van der Waals surface area contributed by atoms with Gasteiger partial charge in [-0.3, -0.25) is 4.79 Å². The van der Waals surface area contributed by atoms with Crippen LogP contribution in [0.15, 0.2) is 36.5 Å². The van der Waals surface area contributed by atoms with Crippen molar-refractivity contribution in [2.45, 2.75) is 231 Å². The molecular formula is C44H83NO5. The van der Waals surface area contributed by atoms with E-state index in [-0.39, 0.29) is 0 Å². The average Bonchev–Trinajstić information content (AvgIpc) is 3.12. The first-order chi connectivity index (χ1) is 24.5. The first-order valence-corrected chi connectivity index (χ1v) is 21.4. The molecule has 0 aliphatic heterocycles. The van der Waals surface area contributed by atoms with Gasteiger partial charge in [0.2, 0.25) is 5.91 Å². The molecule has 6 heteroatoms. The number of carbonyl (C=O) groups excluding carboxylic acids is 1. The van der Waals surface area contributed by atoms with Crippen molar-refractivity contribution in [3.63, 3.8) is 0 Å². The van der Waals surface area contributed by atoms with E-state index in [1.165, 1.54) is 116 Å². The van der Waals surface area contributed by atoms with Crippen molar-refractivity contribution in [3.05, 3.63) is 36.5 Å². The summed E-state index contributed by atoms with van der Waals surface area (Å²) in [4.78, 5) is 12.5. The number of hydrogen-bond donors (Lipinski definition) is 5. The quantitative estimate of drug-likeness (QED) is 0.0249. The number of nitrogens with one attached hydrogen (secondary N) is 1. The summed E-state index contributed by atoms with van der Waals surface area (Å²) in [5.74, 6) is -0.607. The molecule has 5 N–H and O–H groups in total. The zero-order valence-electron chi connectivity index (χ0n) is 32.9. The van der Waals surface area contributed by atoms with Gasteiger partial charge < -0.3 is 25.7 Å². The van der Waals surface area contributed by atoms with Crippen molar-refractivity contribution in [2.24, 2.45) is 0 Å². The molecule has 50 heavy (non-hydrogen) atoms. The summed E-state index contributed by atoms with van der Waals surface area (Å²) in [7, 11) is 0. The molecule has 0 aliphatic carbocycles. The third-order valence-corrected chi connectivity index (χ3v) is 9.85. The van der Waals surface area contributed by atoms with Gasteiger partial charge in [-0.2, -0.15) is 0 Å². The summed E-state index contributed by atoms with van der Waals surface area (Å²) < 4.78 is 0. The van der Waals surface area contributed by atoms with E-state index in [0.717, 1.165) is 64.2 Å². The summed E-state index contributed by atoms with van der Waals surface area (Å²) in [5, 5.41) is 43.6. The lowest BCUT2D eigenvalue weighted by atomic mass is 10.00. The Morgan fingerprint density at radius 2 is 0.880 bits per heavy atom. The maximum Gasteiger partial charge on any atom is 0.249 e. The summed E-state index contributed by atoms with van der Waals surface area (Å²) in [6.07, 6.45) is 44.6. The van der Waals surface area contributed by atoms with Crippen LogP contribution in [0.2, 0.25) is 0 Å². The molecule has 6 nitrogen and oxygen atoms in total. The van der Waals surface area contributed by atoms with Gasteiger partial charge >= 0.3 is 0 Å². The third kappa shape index (κ3) is 32.4. The maximum absolute atomic E-state index is 12.5. The number of unbranched alkanes of at least 4 members (excludes halogenated alkanes) is 24. The Bertz CT molecular complexity index is 797. The van der Waals surface area contributed by atoms with Gasteiger partial charge in [-0.1, -0.05) is 179 Å². The van der Waals surface area contributed by atoms with E-state index in [1.54, 1.807) is 0 Å². The minimum absolute atomic E-state index is 0.344. The Labute approximate surface area is 309 Å². The van der Waals surface area contributed by atoms with Crippen LogP contribution in [0.3, 0.4) is 0 Å². The van der Waals surface area contributed by atoms with Crippen LogP contribution >= 0.6 is 0 Å². The molecule has 0 bridgehead atoms. The monoisotopic (exact) mass is 706 g/mol. The van der Waals surface area contributed by atoms with Crippen LogP contribution in [-0.2, 0) is 4.79 Å². The minimum Gasteiger partial charge on any atom is -0.394 e. The Morgan fingerprint density at radius 1 is 0.500 bits per heavy atom. The molecule has 4 atom stereocenters. The molecule has 0 aromatic carbocycles. The second kappa shape index (κ2) is 38.8. The highest BCUT2D eigenvalue weighted by atomic mass is 16.3. The summed E-state index contributed by atoms with van der Waals surface area (Å²) in [6, 6.07) is -1.01. The van der Waals surface area contributed by atoms with Crippen molar-refractivity contribution in [3.8, 4) is 0 Å². The second-order valence-corrected chi connectivity index (χ2v) is 14.7. The Hall–Kier alpha value is -1.47. The van der Waals surface area contributed by atoms with Gasteiger partial charge in [0.05, 0.1) is 18.8 Å². The Kier molecular flexibility index (Phi) is 37.6. The van der Waals surface area contributed by atoms with Crippen LogP contribution in [0.1, 0.15) is 206 Å². The molecule has 0 saturated carbocycles. The van der Waals surface area contributed by atoms with Gasteiger partial charge in [-0.25, -0.2) is 0 Å². The van der Waals surface area contributed by atoms with E-state index < -0.39 is 36.9 Å². The number of rotatable bonds is 38. The number of aliphatic hydroxyl groups is 4. The molecular weight excluding hydrogens is 622 g/mol. The van der Waals surface area contributed by atoms with Crippen LogP contribution in [0.25, 0.3) is 0 Å². The average molecular weight is 706 g/mol. The summed E-state index contributed by atoms with van der Waals surface area (Å²) >= 11 is 0. The van der Waals surface area contributed by atoms with Gasteiger partial charge in [0.15, 0.2) is 0 Å². The molecule has 1 amide bonds. The van der Waals surface area contributed by atoms with E-state index >= 15 is 0 Å². The van der Waals surface area contributed by atoms with E-state index in [0.29, 0.717) is 12.8 Å². The minimum atomic E-state index is -1.29. The fourth-order valence-corrected chi connectivity index (χ4v) is 6.39. The number of amides is 1. The fraction of sp³-hybridized carbons (Fsp3) is 0.841. The van der Waals surface area contributed by atoms with Crippen LogP contribution < -0.4 is 5.32 Å². The standard InChI is InChI=1S/C44H83NO5/c1-3-5-7-9-11-13-15-17-19-20-21-22-23-24-26-27-29-31-33-35-37-41(47)43(49)40(39-46)45-44(50)42(48)38-36-34-32-30-28-25-18-16-14-12-10-8-6-4-2/h12,14,16,18,29,31,40-43,46-49H,3-11,13,15,17,19-28,30,32-39H2,1-2H3,(H,45,50)/b14-12-,18-16-,31-29+. The Balaban J connectivity index is 3.80. The first-order valence-electron chi connectivity index (χ1n) is 21.4. The lowest BCUT2D eigenvalue weighted by Gasteiger charge is -2.27. The SMILES string of the molecule is CCCCC/C=C\C=C/CCCCCCCC(O)C(=O)NC(CO)C(O)C(O)CCC/C=C/CCCCCCCCCCCCCCCCC.